The summed E-state index contributed by atoms with van der Waals surface area (Å²) in [7, 11) is 1.52. The normalized spacial score (nSPS) is 16.0. The molecule has 2 aromatic carbocycles. The van der Waals surface area contributed by atoms with Crippen LogP contribution in [0.1, 0.15) is 17.5 Å². The number of benzene rings is 2. The van der Waals surface area contributed by atoms with Crippen LogP contribution in [0.25, 0.3) is 0 Å². The van der Waals surface area contributed by atoms with Gasteiger partial charge in [-0.15, -0.1) is 0 Å². The standard InChI is InChI=1S/C21H24N6O3/c1-12-8-9-17(30-3)15(10-12)23-18(28)11-16-19(29)26-21(25-16)27-20(22)24-14-7-5-4-6-13(14)2/h4-10,16H,11H2,1-3H3,(H,23,28)(H4,22,24,25,26,27,29). The van der Waals surface area contributed by atoms with Gasteiger partial charge in [-0.05, 0) is 43.2 Å². The third kappa shape index (κ3) is 5.13. The summed E-state index contributed by atoms with van der Waals surface area (Å²) in [5.41, 5.74) is 9.21. The highest BCUT2D eigenvalue weighted by molar-refractivity contribution is 6.11. The van der Waals surface area contributed by atoms with E-state index in [1.54, 1.807) is 12.1 Å². The number of nitrogens with zero attached hydrogens (tertiary/aromatic N) is 2. The van der Waals surface area contributed by atoms with Crippen LogP contribution in [0.5, 0.6) is 5.75 Å². The van der Waals surface area contributed by atoms with Crippen LogP contribution >= 0.6 is 0 Å². The van der Waals surface area contributed by atoms with E-state index < -0.39 is 11.9 Å². The number of aryl methyl sites for hydroxylation is 2. The fourth-order valence-electron chi connectivity index (χ4n) is 2.92. The number of hydrogen-bond acceptors (Lipinski definition) is 5. The van der Waals surface area contributed by atoms with Gasteiger partial charge in [-0.1, -0.05) is 24.3 Å². The van der Waals surface area contributed by atoms with Crippen LogP contribution in [0.3, 0.4) is 0 Å². The first-order chi connectivity index (χ1) is 14.4. The molecule has 0 aliphatic carbocycles. The zero-order valence-electron chi connectivity index (χ0n) is 17.0. The summed E-state index contributed by atoms with van der Waals surface area (Å²) in [4.78, 5) is 32.9. The fourth-order valence-corrected chi connectivity index (χ4v) is 2.92. The average molecular weight is 408 g/mol. The van der Waals surface area contributed by atoms with Gasteiger partial charge in [0.15, 0.2) is 0 Å². The SMILES string of the molecule is COc1ccc(C)cc1NC(=O)CC1N=C(/N=C(\N)Nc2ccccc2C)NC1=O. The molecule has 3 rings (SSSR count). The number of rotatable bonds is 5. The maximum atomic E-state index is 12.4. The topological polar surface area (TPSA) is 130 Å². The predicted octanol–water partition coefficient (Wildman–Crippen LogP) is 1.92. The van der Waals surface area contributed by atoms with Crippen molar-refractivity contribution in [2.45, 2.75) is 26.3 Å². The first-order valence-electron chi connectivity index (χ1n) is 9.35. The Kier molecular flexibility index (Phi) is 6.31. The molecule has 1 atom stereocenters. The van der Waals surface area contributed by atoms with Gasteiger partial charge in [0.2, 0.25) is 17.8 Å². The number of guanidine groups is 2. The molecule has 156 valence electrons. The highest BCUT2D eigenvalue weighted by atomic mass is 16.5. The maximum Gasteiger partial charge on any atom is 0.252 e. The Balaban J connectivity index is 1.65. The lowest BCUT2D eigenvalue weighted by Gasteiger charge is -2.11. The zero-order valence-corrected chi connectivity index (χ0v) is 17.0. The molecule has 0 radical (unpaired) electrons. The molecule has 1 aliphatic heterocycles. The second-order valence-electron chi connectivity index (χ2n) is 6.85. The van der Waals surface area contributed by atoms with Gasteiger partial charge in [0.25, 0.3) is 5.91 Å². The van der Waals surface area contributed by atoms with Crippen LogP contribution in [-0.2, 0) is 9.59 Å². The van der Waals surface area contributed by atoms with Crippen LogP contribution < -0.4 is 26.4 Å². The van der Waals surface area contributed by atoms with E-state index in [2.05, 4.69) is 25.9 Å². The van der Waals surface area contributed by atoms with E-state index in [-0.39, 0.29) is 24.2 Å². The van der Waals surface area contributed by atoms with Crippen molar-refractivity contribution in [1.82, 2.24) is 5.32 Å². The van der Waals surface area contributed by atoms with Crippen molar-refractivity contribution in [2.24, 2.45) is 15.7 Å². The monoisotopic (exact) mass is 408 g/mol. The molecule has 0 spiro atoms. The van der Waals surface area contributed by atoms with E-state index in [0.29, 0.717) is 11.4 Å². The Labute approximate surface area is 174 Å². The quantitative estimate of drug-likeness (QED) is 0.444. The minimum atomic E-state index is -0.884. The minimum Gasteiger partial charge on any atom is -0.495 e. The number of hydrogen-bond donors (Lipinski definition) is 4. The average Bonchev–Trinajstić information content (AvgIpc) is 3.02. The molecule has 1 aliphatic rings. The largest absolute Gasteiger partial charge is 0.495 e. The Hall–Kier alpha value is -3.88. The van der Waals surface area contributed by atoms with Crippen molar-refractivity contribution in [1.29, 1.82) is 0 Å². The molecular formula is C21H24N6O3. The maximum absolute atomic E-state index is 12.4. The van der Waals surface area contributed by atoms with Crippen molar-refractivity contribution < 1.29 is 14.3 Å². The highest BCUT2D eigenvalue weighted by Gasteiger charge is 2.29. The fraction of sp³-hybridized carbons (Fsp3) is 0.238. The molecule has 1 unspecified atom stereocenters. The number of carbonyl (C=O) groups is 2. The van der Waals surface area contributed by atoms with E-state index in [1.807, 2.05) is 44.2 Å². The molecule has 30 heavy (non-hydrogen) atoms. The Morgan fingerprint density at radius 2 is 1.97 bits per heavy atom. The van der Waals surface area contributed by atoms with Crippen LogP contribution in [0, 0.1) is 13.8 Å². The van der Waals surface area contributed by atoms with Crippen LogP contribution in [-0.4, -0.2) is 36.9 Å². The number of aliphatic imine (C=N–C) groups is 2. The van der Waals surface area contributed by atoms with Gasteiger partial charge >= 0.3 is 0 Å². The van der Waals surface area contributed by atoms with Crippen molar-refractivity contribution in [2.75, 3.05) is 17.7 Å². The number of para-hydroxylation sites is 1. The molecule has 0 bridgehead atoms. The van der Waals surface area contributed by atoms with Gasteiger partial charge in [0, 0.05) is 5.69 Å². The third-order valence-corrected chi connectivity index (χ3v) is 4.46. The number of ether oxygens (including phenoxy) is 1. The Bertz CT molecular complexity index is 1030. The Morgan fingerprint density at radius 1 is 1.20 bits per heavy atom. The molecular weight excluding hydrogens is 384 g/mol. The van der Waals surface area contributed by atoms with Crippen LogP contribution in [0.4, 0.5) is 11.4 Å². The van der Waals surface area contributed by atoms with Gasteiger partial charge in [-0.25, -0.2) is 4.99 Å². The number of carbonyl (C=O) groups excluding carboxylic acids is 2. The summed E-state index contributed by atoms with van der Waals surface area (Å²) in [6.45, 7) is 3.84. The second-order valence-corrected chi connectivity index (χ2v) is 6.85. The molecule has 2 amide bonds. The first-order valence-corrected chi connectivity index (χ1v) is 9.35. The summed E-state index contributed by atoms with van der Waals surface area (Å²) in [5, 5.41) is 8.25. The van der Waals surface area contributed by atoms with E-state index in [4.69, 9.17) is 10.5 Å². The molecule has 0 aromatic heterocycles. The molecule has 2 aromatic rings. The van der Waals surface area contributed by atoms with Crippen molar-refractivity contribution in [3.63, 3.8) is 0 Å². The number of nitrogens with two attached hydrogens (primary N) is 1. The second kappa shape index (κ2) is 9.08. The highest BCUT2D eigenvalue weighted by Crippen LogP contribution is 2.25. The van der Waals surface area contributed by atoms with Crippen molar-refractivity contribution in [3.8, 4) is 5.75 Å². The van der Waals surface area contributed by atoms with Gasteiger partial charge in [0.1, 0.15) is 11.8 Å². The lowest BCUT2D eigenvalue weighted by atomic mass is 10.1. The van der Waals surface area contributed by atoms with E-state index >= 15 is 0 Å². The van der Waals surface area contributed by atoms with Crippen molar-refractivity contribution >= 4 is 35.1 Å². The number of anilines is 2. The molecule has 0 saturated carbocycles. The minimum absolute atomic E-state index is 0.0597. The summed E-state index contributed by atoms with van der Waals surface area (Å²) in [6, 6.07) is 12.1. The molecule has 5 N–H and O–H groups in total. The van der Waals surface area contributed by atoms with E-state index in [0.717, 1.165) is 16.8 Å². The number of methoxy groups -OCH3 is 1. The van der Waals surface area contributed by atoms with E-state index in [1.165, 1.54) is 7.11 Å². The van der Waals surface area contributed by atoms with Crippen LogP contribution in [0.2, 0.25) is 0 Å². The van der Waals surface area contributed by atoms with Gasteiger partial charge in [-0.2, -0.15) is 4.99 Å². The van der Waals surface area contributed by atoms with Gasteiger partial charge in [0.05, 0.1) is 19.2 Å². The first kappa shape index (κ1) is 20.8. The van der Waals surface area contributed by atoms with Crippen molar-refractivity contribution in [3.05, 3.63) is 53.6 Å². The van der Waals surface area contributed by atoms with Crippen LogP contribution in [0.15, 0.2) is 52.4 Å². The van der Waals surface area contributed by atoms with E-state index in [9.17, 15) is 9.59 Å². The van der Waals surface area contributed by atoms with Gasteiger partial charge in [-0.3, -0.25) is 14.9 Å². The lowest BCUT2D eigenvalue weighted by Crippen LogP contribution is -2.32. The smallest absolute Gasteiger partial charge is 0.252 e. The molecule has 9 nitrogen and oxygen atoms in total. The third-order valence-electron chi connectivity index (χ3n) is 4.46. The predicted molar refractivity (Wildman–Crippen MR) is 117 cm³/mol. The Morgan fingerprint density at radius 3 is 2.70 bits per heavy atom. The summed E-state index contributed by atoms with van der Waals surface area (Å²) in [6.07, 6.45) is -0.132. The summed E-state index contributed by atoms with van der Waals surface area (Å²) < 4.78 is 5.25. The summed E-state index contributed by atoms with van der Waals surface area (Å²) in [5.74, 6) is -0.0982. The molecule has 1 heterocycles. The van der Waals surface area contributed by atoms with Gasteiger partial charge < -0.3 is 21.1 Å². The number of nitrogens with one attached hydrogen (secondary N) is 3. The zero-order chi connectivity index (χ0) is 21.7. The molecule has 9 heteroatoms. The molecule has 0 fully saturated rings. The molecule has 0 saturated heterocycles. The lowest BCUT2D eigenvalue weighted by molar-refractivity contribution is -0.123. The summed E-state index contributed by atoms with van der Waals surface area (Å²) >= 11 is 0. The number of amides is 2.